The highest BCUT2D eigenvalue weighted by Crippen LogP contribution is 2.46. The number of pyridine rings is 1. The molecule has 7 rings (SSSR count). The third-order valence-corrected chi connectivity index (χ3v) is 13.0. The predicted octanol–water partition coefficient (Wildman–Crippen LogP) is 4.08. The molecule has 3 N–H and O–H groups in total. The second kappa shape index (κ2) is 16.7. The van der Waals surface area contributed by atoms with Gasteiger partial charge in [0, 0.05) is 35.6 Å². The molecule has 4 heterocycles. The molecule has 4 amide bonds. The van der Waals surface area contributed by atoms with Gasteiger partial charge in [0.05, 0.1) is 30.5 Å². The zero-order valence-corrected chi connectivity index (χ0v) is 34.1. The molecule has 2 aliphatic heterocycles. The van der Waals surface area contributed by atoms with E-state index in [1.165, 1.54) is 4.90 Å². The number of nitrogens with one attached hydrogen (secondary N) is 3. The number of ether oxygens (including phenoxy) is 3. The fraction of sp³-hybridized carbons (Fsp3) is 0.550. The van der Waals surface area contributed by atoms with Crippen molar-refractivity contribution in [2.45, 2.75) is 120 Å². The maximum atomic E-state index is 14.7. The molecule has 2 aromatic heterocycles. The van der Waals surface area contributed by atoms with Gasteiger partial charge in [0.15, 0.2) is 0 Å². The van der Waals surface area contributed by atoms with Crippen molar-refractivity contribution in [2.24, 2.45) is 5.92 Å². The average molecular weight is 842 g/mol. The van der Waals surface area contributed by atoms with Gasteiger partial charge >= 0.3 is 6.55 Å². The van der Waals surface area contributed by atoms with Gasteiger partial charge in [-0.05, 0) is 77.5 Å². The summed E-state index contributed by atoms with van der Waals surface area (Å²) in [6, 6.07) is 3.90. The van der Waals surface area contributed by atoms with Crippen LogP contribution in [0.25, 0.3) is 10.9 Å². The van der Waals surface area contributed by atoms with Gasteiger partial charge in [0.25, 0.3) is 11.8 Å². The first-order valence-electron chi connectivity index (χ1n) is 19.9. The predicted molar refractivity (Wildman–Crippen MR) is 209 cm³/mol. The lowest BCUT2D eigenvalue weighted by atomic mass is 10.0. The molecule has 0 spiro atoms. The van der Waals surface area contributed by atoms with Gasteiger partial charge in [0.2, 0.25) is 27.7 Å². The second-order valence-electron chi connectivity index (χ2n) is 15.9. The third-order valence-electron chi connectivity index (χ3n) is 11.2. The standard InChI is InChI=1S/C40H49F2N7O9S/c1-22(2)57-33-19-32(27-14-15-31(56-4)23(3)34(27)44-33)58-25-18-30-36(51)45-40(38(53)47-59(54,55)26-12-13-26)20-24(40)10-8-6-5-7-9-11-29(37(52)48(30)21-25)43-35(50)28-16-17-49(46-28)39(41)42/h8,10,14-17,19,22,24-26,29-30,39H,5-7,9,11-13,18,20-21H2,1-4H3,(H,43,50)(H,45,51)(H,47,53)/b10-8-/t24-,25-,29+,30+,40-/m1/s1. The number of hydrogen-bond acceptors (Lipinski definition) is 11. The Morgan fingerprint density at radius 3 is 2.54 bits per heavy atom. The van der Waals surface area contributed by atoms with Gasteiger partial charge in [-0.15, -0.1) is 0 Å². The summed E-state index contributed by atoms with van der Waals surface area (Å²) < 4.78 is 73.1. The van der Waals surface area contributed by atoms with Crippen LogP contribution >= 0.6 is 0 Å². The molecule has 59 heavy (non-hydrogen) atoms. The van der Waals surface area contributed by atoms with Crippen LogP contribution in [0.15, 0.2) is 42.6 Å². The van der Waals surface area contributed by atoms with E-state index >= 15 is 0 Å². The number of nitrogens with zero attached hydrogens (tertiary/aromatic N) is 4. The Morgan fingerprint density at radius 1 is 1.07 bits per heavy atom. The van der Waals surface area contributed by atoms with E-state index in [2.05, 4.69) is 20.5 Å². The summed E-state index contributed by atoms with van der Waals surface area (Å²) in [4.78, 5) is 62.4. The molecule has 1 aromatic carbocycles. The number of benzene rings is 1. The zero-order valence-electron chi connectivity index (χ0n) is 33.3. The fourth-order valence-electron chi connectivity index (χ4n) is 7.80. The molecule has 2 saturated carbocycles. The fourth-order valence-corrected chi connectivity index (χ4v) is 9.17. The van der Waals surface area contributed by atoms with Crippen molar-refractivity contribution < 1.29 is 50.6 Å². The van der Waals surface area contributed by atoms with Crippen LogP contribution in [-0.2, 0) is 24.4 Å². The Labute approximate surface area is 340 Å². The van der Waals surface area contributed by atoms with Crippen molar-refractivity contribution in [3.63, 3.8) is 0 Å². The summed E-state index contributed by atoms with van der Waals surface area (Å²) in [5.41, 5.74) is -0.615. The Morgan fingerprint density at radius 2 is 1.85 bits per heavy atom. The van der Waals surface area contributed by atoms with Crippen LogP contribution in [0.1, 0.15) is 94.2 Å². The summed E-state index contributed by atoms with van der Waals surface area (Å²) in [6.07, 6.45) is 7.25. The normalized spacial score (nSPS) is 25.7. The van der Waals surface area contributed by atoms with E-state index in [0.29, 0.717) is 65.6 Å². The van der Waals surface area contributed by atoms with Crippen molar-refractivity contribution in [2.75, 3.05) is 13.7 Å². The number of methoxy groups -OCH3 is 1. The molecule has 2 aliphatic carbocycles. The highest BCUT2D eigenvalue weighted by molar-refractivity contribution is 7.91. The van der Waals surface area contributed by atoms with Gasteiger partial charge in [-0.25, -0.2) is 18.1 Å². The molecule has 0 unspecified atom stereocenters. The Balaban J connectivity index is 1.23. The Hall–Kier alpha value is -5.33. The van der Waals surface area contributed by atoms with Crippen LogP contribution < -0.4 is 29.6 Å². The molecule has 3 aromatic rings. The van der Waals surface area contributed by atoms with E-state index in [0.717, 1.165) is 17.8 Å². The minimum Gasteiger partial charge on any atom is -0.496 e. The number of rotatable bonds is 11. The maximum Gasteiger partial charge on any atom is 0.333 e. The number of amides is 4. The first-order valence-corrected chi connectivity index (χ1v) is 21.5. The molecule has 5 atom stereocenters. The molecule has 4 aliphatic rings. The van der Waals surface area contributed by atoms with Crippen molar-refractivity contribution in [1.82, 2.24) is 35.0 Å². The lowest BCUT2D eigenvalue weighted by Crippen LogP contribution is -2.58. The van der Waals surface area contributed by atoms with E-state index in [1.807, 2.05) is 32.9 Å². The Bertz CT molecular complexity index is 2260. The van der Waals surface area contributed by atoms with E-state index in [9.17, 15) is 36.4 Å². The smallest absolute Gasteiger partial charge is 0.333 e. The molecule has 3 fully saturated rings. The van der Waals surface area contributed by atoms with Crippen LogP contribution in [0, 0.1) is 12.8 Å². The molecule has 19 heteroatoms. The van der Waals surface area contributed by atoms with Crippen LogP contribution in [0.4, 0.5) is 8.78 Å². The summed E-state index contributed by atoms with van der Waals surface area (Å²) in [5, 5.41) is 9.10. The Kier molecular flexibility index (Phi) is 11.9. The summed E-state index contributed by atoms with van der Waals surface area (Å²) in [7, 11) is -2.40. The monoisotopic (exact) mass is 841 g/mol. The highest BCUT2D eigenvalue weighted by atomic mass is 32.2. The SMILES string of the molecule is COc1ccc2c(O[C@@H]3C[C@H]4C(=O)N[C@]5(C(=O)NS(=O)(=O)C6CC6)C[C@H]5/C=C\CCCCC[C@H](NC(=O)c5ccn(C(F)F)n5)C(=O)N4C3)cc(OC(C)C)nc2c1C. The quantitative estimate of drug-likeness (QED) is 0.235. The molecule has 1 saturated heterocycles. The maximum absolute atomic E-state index is 14.7. The minimum absolute atomic E-state index is 0.0467. The minimum atomic E-state index is -3.95. The van der Waals surface area contributed by atoms with Crippen LogP contribution in [-0.4, -0.2) is 100 Å². The van der Waals surface area contributed by atoms with Gasteiger partial charge in [-0.3, -0.25) is 23.9 Å². The van der Waals surface area contributed by atoms with E-state index < -0.39 is 75.1 Å². The average Bonchev–Trinajstić information content (AvgIpc) is 4.06. The zero-order chi connectivity index (χ0) is 42.2. The molecule has 16 nitrogen and oxygen atoms in total. The van der Waals surface area contributed by atoms with Crippen LogP contribution in [0.3, 0.4) is 0 Å². The van der Waals surface area contributed by atoms with Crippen molar-refractivity contribution in [3.05, 3.63) is 53.9 Å². The summed E-state index contributed by atoms with van der Waals surface area (Å²) in [6.45, 7) is 2.45. The first-order chi connectivity index (χ1) is 28.1. The first kappa shape index (κ1) is 41.8. The number of carbonyl (C=O) groups is 4. The summed E-state index contributed by atoms with van der Waals surface area (Å²) in [5.74, 6) is -2.29. The van der Waals surface area contributed by atoms with Crippen molar-refractivity contribution >= 4 is 44.6 Å². The molecule has 0 bridgehead atoms. The summed E-state index contributed by atoms with van der Waals surface area (Å²) >= 11 is 0. The van der Waals surface area contributed by atoms with Crippen LogP contribution in [0.2, 0.25) is 0 Å². The van der Waals surface area contributed by atoms with E-state index in [1.54, 1.807) is 25.3 Å². The number of carbonyl (C=O) groups excluding carboxylic acids is 4. The van der Waals surface area contributed by atoms with Gasteiger partial charge < -0.3 is 29.7 Å². The number of hydrogen-bond donors (Lipinski definition) is 3. The second-order valence-corrected chi connectivity index (χ2v) is 17.9. The van der Waals surface area contributed by atoms with Crippen LogP contribution in [0.5, 0.6) is 17.4 Å². The largest absolute Gasteiger partial charge is 0.496 e. The van der Waals surface area contributed by atoms with E-state index in [4.69, 9.17) is 19.2 Å². The number of aromatic nitrogens is 3. The lowest BCUT2D eigenvalue weighted by molar-refractivity contribution is -0.141. The number of aryl methyl sites for hydroxylation is 1. The number of sulfonamides is 1. The molecule has 318 valence electrons. The number of halogens is 2. The molecular formula is C40H49F2N7O9S. The lowest BCUT2D eigenvalue weighted by Gasteiger charge is -2.29. The number of fused-ring (bicyclic) bond motifs is 3. The molecule has 0 radical (unpaired) electrons. The number of alkyl halides is 2. The third kappa shape index (κ3) is 8.99. The topological polar surface area (TPSA) is 200 Å². The van der Waals surface area contributed by atoms with Crippen molar-refractivity contribution in [3.8, 4) is 17.4 Å². The van der Waals surface area contributed by atoms with E-state index in [-0.39, 0.29) is 43.5 Å². The number of allylic oxidation sites excluding steroid dienone is 1. The van der Waals surface area contributed by atoms with Gasteiger partial charge in [0.1, 0.15) is 40.9 Å². The van der Waals surface area contributed by atoms with Gasteiger partial charge in [-0.1, -0.05) is 25.0 Å². The highest BCUT2D eigenvalue weighted by Gasteiger charge is 2.62. The van der Waals surface area contributed by atoms with Gasteiger partial charge in [-0.2, -0.15) is 13.9 Å². The van der Waals surface area contributed by atoms with Crippen molar-refractivity contribution in [1.29, 1.82) is 0 Å². The molecular weight excluding hydrogens is 793 g/mol.